The fourth-order valence-electron chi connectivity index (χ4n) is 7.81. The van der Waals surface area contributed by atoms with Gasteiger partial charge in [0.2, 0.25) is 0 Å². The Morgan fingerprint density at radius 3 is 1.84 bits per heavy atom. The largest absolute Gasteiger partial charge is 0.455 e. The van der Waals surface area contributed by atoms with E-state index in [4.69, 9.17) is 19.4 Å². The topological polar surface area (TPSA) is 51.8 Å². The molecule has 0 atom stereocenters. The number of hydrogen-bond donors (Lipinski definition) is 0. The van der Waals surface area contributed by atoms with Gasteiger partial charge in [0.15, 0.2) is 17.5 Å². The van der Waals surface area contributed by atoms with Crippen LogP contribution in [0.2, 0.25) is 0 Å². The van der Waals surface area contributed by atoms with E-state index in [9.17, 15) is 4.39 Å². The van der Waals surface area contributed by atoms with Gasteiger partial charge >= 0.3 is 0 Å². The molecule has 4 nitrogen and oxygen atoms in total. The molecule has 3 aromatic heterocycles. The summed E-state index contributed by atoms with van der Waals surface area (Å²) in [7, 11) is 0. The standard InChI is InChI=1S/C49H28FN3OS/c50-32-24-21-29(22-25-32)31-23-26-43-40(27-31)41-28-42(34-14-5-6-16-36(34)45(41)54-43)49-52-47(38-17-7-4-13-33(38)30-11-2-1-3-12-30)51-48(53-49)39-19-10-18-37-35-15-8-9-20-44(35)55-46(37)39/h1-28H. The van der Waals surface area contributed by atoms with Crippen molar-refractivity contribution in [1.82, 2.24) is 15.0 Å². The molecule has 0 fully saturated rings. The Kier molecular flexibility index (Phi) is 7.19. The van der Waals surface area contributed by atoms with Crippen LogP contribution in [0.4, 0.5) is 4.39 Å². The second-order valence-electron chi connectivity index (χ2n) is 13.7. The summed E-state index contributed by atoms with van der Waals surface area (Å²) in [6, 6.07) is 56.7. The number of aromatic nitrogens is 3. The van der Waals surface area contributed by atoms with Crippen molar-refractivity contribution < 1.29 is 8.81 Å². The third kappa shape index (κ3) is 5.22. The van der Waals surface area contributed by atoms with Crippen molar-refractivity contribution in [2.45, 2.75) is 0 Å². The van der Waals surface area contributed by atoms with Crippen LogP contribution in [0.25, 0.3) is 109 Å². The summed E-state index contributed by atoms with van der Waals surface area (Å²) in [5.74, 6) is 1.51. The zero-order valence-corrected chi connectivity index (χ0v) is 30.0. The van der Waals surface area contributed by atoms with Gasteiger partial charge in [0.05, 0.1) is 0 Å². The van der Waals surface area contributed by atoms with Gasteiger partial charge in [0.1, 0.15) is 17.0 Å². The van der Waals surface area contributed by atoms with E-state index in [0.717, 1.165) is 76.4 Å². The molecule has 258 valence electrons. The lowest BCUT2D eigenvalue weighted by molar-refractivity contribution is 0.628. The summed E-state index contributed by atoms with van der Waals surface area (Å²) < 4.78 is 22.8. The van der Waals surface area contributed by atoms with Gasteiger partial charge in [-0.3, -0.25) is 0 Å². The Labute approximate surface area is 318 Å². The van der Waals surface area contributed by atoms with Crippen molar-refractivity contribution in [2.75, 3.05) is 0 Å². The molecular formula is C49H28FN3OS. The average Bonchev–Trinajstić information content (AvgIpc) is 3.82. The molecule has 0 aliphatic heterocycles. The lowest BCUT2D eigenvalue weighted by Gasteiger charge is -2.13. The number of fused-ring (bicyclic) bond motifs is 8. The summed E-state index contributed by atoms with van der Waals surface area (Å²) >= 11 is 1.76. The van der Waals surface area contributed by atoms with Crippen LogP contribution >= 0.6 is 11.3 Å². The highest BCUT2D eigenvalue weighted by molar-refractivity contribution is 7.26. The van der Waals surface area contributed by atoms with Crippen molar-refractivity contribution in [2.24, 2.45) is 0 Å². The molecule has 3 heterocycles. The van der Waals surface area contributed by atoms with Crippen molar-refractivity contribution >= 4 is 64.2 Å². The Balaban J connectivity index is 1.20. The van der Waals surface area contributed by atoms with E-state index in [-0.39, 0.29) is 5.82 Å². The van der Waals surface area contributed by atoms with E-state index >= 15 is 0 Å². The maximum atomic E-state index is 13.8. The molecule has 0 N–H and O–H groups in total. The van der Waals surface area contributed by atoms with Crippen LogP contribution in [0.5, 0.6) is 0 Å². The predicted octanol–water partition coefficient (Wildman–Crippen LogP) is 13.8. The monoisotopic (exact) mass is 725 g/mol. The van der Waals surface area contributed by atoms with Crippen LogP contribution in [0.15, 0.2) is 174 Å². The number of rotatable bonds is 5. The molecule has 0 bridgehead atoms. The molecule has 11 aromatic rings. The third-order valence-electron chi connectivity index (χ3n) is 10.4. The SMILES string of the molecule is Fc1ccc(-c2ccc3oc4c5ccccc5c(-c5nc(-c6ccccc6-c6ccccc6)nc(-c6cccc7c6sc6ccccc67)n5)cc4c3c2)cc1. The molecule has 8 aromatic carbocycles. The maximum Gasteiger partial charge on any atom is 0.165 e. The minimum atomic E-state index is -0.263. The highest BCUT2D eigenvalue weighted by atomic mass is 32.1. The number of hydrogen-bond acceptors (Lipinski definition) is 5. The molecule has 0 amide bonds. The van der Waals surface area contributed by atoms with E-state index in [0.29, 0.717) is 17.5 Å². The molecule has 0 radical (unpaired) electrons. The minimum Gasteiger partial charge on any atom is -0.455 e. The van der Waals surface area contributed by atoms with E-state index < -0.39 is 0 Å². The predicted molar refractivity (Wildman–Crippen MR) is 225 cm³/mol. The first-order chi connectivity index (χ1) is 27.2. The van der Waals surface area contributed by atoms with Gasteiger partial charge in [-0.05, 0) is 70.1 Å². The Morgan fingerprint density at radius 1 is 0.400 bits per heavy atom. The van der Waals surface area contributed by atoms with E-state index in [1.807, 2.05) is 36.4 Å². The lowest BCUT2D eigenvalue weighted by atomic mass is 9.97. The Hall–Kier alpha value is -7.02. The van der Waals surface area contributed by atoms with Crippen LogP contribution in [-0.4, -0.2) is 15.0 Å². The minimum absolute atomic E-state index is 0.263. The zero-order chi connectivity index (χ0) is 36.5. The van der Waals surface area contributed by atoms with Gasteiger partial charge in [0.25, 0.3) is 0 Å². The second-order valence-corrected chi connectivity index (χ2v) is 14.7. The molecule has 0 unspecified atom stereocenters. The first-order valence-electron chi connectivity index (χ1n) is 18.1. The van der Waals surface area contributed by atoms with Gasteiger partial charge in [0, 0.05) is 53.0 Å². The van der Waals surface area contributed by atoms with Gasteiger partial charge < -0.3 is 4.42 Å². The van der Waals surface area contributed by atoms with Crippen molar-refractivity contribution in [3.05, 3.63) is 176 Å². The van der Waals surface area contributed by atoms with Crippen LogP contribution in [0.3, 0.4) is 0 Å². The summed E-state index contributed by atoms with van der Waals surface area (Å²) in [6.07, 6.45) is 0. The van der Waals surface area contributed by atoms with Gasteiger partial charge in [-0.2, -0.15) is 0 Å². The molecule has 0 spiro atoms. The smallest absolute Gasteiger partial charge is 0.165 e. The fourth-order valence-corrected chi connectivity index (χ4v) is 9.02. The second kappa shape index (κ2) is 12.5. The maximum absolute atomic E-state index is 13.8. The molecule has 6 heteroatoms. The van der Waals surface area contributed by atoms with E-state index in [1.54, 1.807) is 23.5 Å². The van der Waals surface area contributed by atoms with Crippen molar-refractivity contribution in [3.63, 3.8) is 0 Å². The summed E-state index contributed by atoms with van der Waals surface area (Å²) in [5.41, 5.74) is 8.36. The van der Waals surface area contributed by atoms with E-state index in [1.165, 1.54) is 27.6 Å². The summed E-state index contributed by atoms with van der Waals surface area (Å²) in [4.78, 5) is 15.9. The third-order valence-corrected chi connectivity index (χ3v) is 11.6. The lowest BCUT2D eigenvalue weighted by Crippen LogP contribution is -2.01. The average molecular weight is 726 g/mol. The van der Waals surface area contributed by atoms with Gasteiger partial charge in [-0.25, -0.2) is 19.3 Å². The van der Waals surface area contributed by atoms with Crippen molar-refractivity contribution in [3.8, 4) is 56.4 Å². The van der Waals surface area contributed by atoms with E-state index in [2.05, 4.69) is 109 Å². The van der Waals surface area contributed by atoms with Crippen LogP contribution < -0.4 is 0 Å². The molecule has 0 saturated heterocycles. The molecule has 0 aliphatic rings. The Bertz CT molecular complexity index is 3280. The number of nitrogens with zero attached hydrogens (tertiary/aromatic N) is 3. The van der Waals surface area contributed by atoms with Crippen LogP contribution in [-0.2, 0) is 0 Å². The molecular weight excluding hydrogens is 698 g/mol. The van der Waals surface area contributed by atoms with Crippen LogP contribution in [0, 0.1) is 5.82 Å². The highest BCUT2D eigenvalue weighted by Gasteiger charge is 2.21. The molecule has 0 saturated carbocycles. The number of furan rings is 1. The number of benzene rings is 8. The number of thiophene rings is 1. The molecule has 11 rings (SSSR count). The van der Waals surface area contributed by atoms with Gasteiger partial charge in [-0.1, -0.05) is 127 Å². The molecule has 0 aliphatic carbocycles. The zero-order valence-electron chi connectivity index (χ0n) is 29.2. The summed E-state index contributed by atoms with van der Waals surface area (Å²) in [5, 5.41) is 6.26. The summed E-state index contributed by atoms with van der Waals surface area (Å²) in [6.45, 7) is 0. The van der Waals surface area contributed by atoms with Crippen LogP contribution in [0.1, 0.15) is 0 Å². The number of halogens is 1. The first-order valence-corrected chi connectivity index (χ1v) is 18.9. The molecule has 55 heavy (non-hydrogen) atoms. The highest BCUT2D eigenvalue weighted by Crippen LogP contribution is 2.43. The van der Waals surface area contributed by atoms with Gasteiger partial charge in [-0.15, -0.1) is 11.3 Å². The Morgan fingerprint density at radius 2 is 1.02 bits per heavy atom. The first kappa shape index (κ1) is 31.5. The fraction of sp³-hybridized carbons (Fsp3) is 0. The normalized spacial score (nSPS) is 11.7. The van der Waals surface area contributed by atoms with Crippen molar-refractivity contribution in [1.29, 1.82) is 0 Å². The quantitative estimate of drug-likeness (QED) is 0.177.